The van der Waals surface area contributed by atoms with Crippen LogP contribution in [0.2, 0.25) is 0 Å². The van der Waals surface area contributed by atoms with Crippen LogP contribution in [0.5, 0.6) is 0 Å². The second-order valence-electron chi connectivity index (χ2n) is 5.04. The Labute approximate surface area is 123 Å². The first kappa shape index (κ1) is 14.6. The van der Waals surface area contributed by atoms with Gasteiger partial charge in [-0.25, -0.2) is 4.79 Å². The first-order valence-corrected chi connectivity index (χ1v) is 7.34. The Hall–Kier alpha value is -1.81. The summed E-state index contributed by atoms with van der Waals surface area (Å²) in [5.41, 5.74) is 9.59. The SMILES string of the molecule is COC(=O)c1c(N)sc(C)c1-c1ccc(C(C)C)cc1. The topological polar surface area (TPSA) is 52.3 Å². The van der Waals surface area contributed by atoms with E-state index in [9.17, 15) is 4.79 Å². The number of rotatable bonds is 3. The van der Waals surface area contributed by atoms with Crippen LogP contribution in [0.25, 0.3) is 11.1 Å². The standard InChI is InChI=1S/C16H19NO2S/c1-9(2)11-5-7-12(8-6-11)13-10(3)20-15(17)14(13)16(18)19-4/h5-9H,17H2,1-4H3. The largest absolute Gasteiger partial charge is 0.465 e. The van der Waals surface area contributed by atoms with Gasteiger partial charge in [0.2, 0.25) is 0 Å². The number of nitrogen functional groups attached to an aromatic ring is 1. The number of hydrogen-bond acceptors (Lipinski definition) is 4. The van der Waals surface area contributed by atoms with Gasteiger partial charge in [0, 0.05) is 10.4 Å². The molecule has 4 heteroatoms. The summed E-state index contributed by atoms with van der Waals surface area (Å²) in [6.07, 6.45) is 0. The van der Waals surface area contributed by atoms with E-state index < -0.39 is 0 Å². The van der Waals surface area contributed by atoms with Crippen LogP contribution < -0.4 is 5.73 Å². The maximum atomic E-state index is 11.9. The number of carbonyl (C=O) groups excluding carboxylic acids is 1. The first-order valence-electron chi connectivity index (χ1n) is 6.53. The summed E-state index contributed by atoms with van der Waals surface area (Å²) in [7, 11) is 1.38. The molecular weight excluding hydrogens is 270 g/mol. The minimum atomic E-state index is -0.380. The molecule has 1 heterocycles. The van der Waals surface area contributed by atoms with Crippen molar-refractivity contribution in [3.63, 3.8) is 0 Å². The molecule has 0 aliphatic rings. The summed E-state index contributed by atoms with van der Waals surface area (Å²) in [4.78, 5) is 12.9. The van der Waals surface area contributed by atoms with E-state index in [2.05, 4.69) is 26.0 Å². The number of nitrogens with two attached hydrogens (primary N) is 1. The van der Waals surface area contributed by atoms with Gasteiger partial charge in [0.1, 0.15) is 10.6 Å². The molecule has 0 amide bonds. The minimum Gasteiger partial charge on any atom is -0.465 e. The molecule has 1 aromatic heterocycles. The molecule has 0 atom stereocenters. The predicted molar refractivity (Wildman–Crippen MR) is 84.3 cm³/mol. The van der Waals surface area contributed by atoms with Gasteiger partial charge in [0.25, 0.3) is 0 Å². The molecule has 0 saturated carbocycles. The van der Waals surface area contributed by atoms with E-state index in [-0.39, 0.29) is 5.97 Å². The number of carbonyl (C=O) groups is 1. The Morgan fingerprint density at radius 2 is 1.85 bits per heavy atom. The molecule has 0 spiro atoms. The van der Waals surface area contributed by atoms with Gasteiger partial charge in [-0.15, -0.1) is 11.3 Å². The van der Waals surface area contributed by atoms with Crippen LogP contribution in [0.15, 0.2) is 24.3 Å². The molecular formula is C16H19NO2S. The smallest absolute Gasteiger partial charge is 0.341 e. The zero-order valence-corrected chi connectivity index (χ0v) is 13.0. The summed E-state index contributed by atoms with van der Waals surface area (Å²) in [5, 5.41) is 0.511. The Balaban J connectivity index is 2.54. The van der Waals surface area contributed by atoms with E-state index >= 15 is 0 Å². The van der Waals surface area contributed by atoms with Crippen LogP contribution in [0.4, 0.5) is 5.00 Å². The van der Waals surface area contributed by atoms with Crippen LogP contribution in [0.3, 0.4) is 0 Å². The van der Waals surface area contributed by atoms with Crippen LogP contribution in [0, 0.1) is 6.92 Å². The predicted octanol–water partition coefficient (Wildman–Crippen LogP) is 4.22. The van der Waals surface area contributed by atoms with Crippen LogP contribution in [-0.4, -0.2) is 13.1 Å². The first-order chi connectivity index (χ1) is 9.45. The van der Waals surface area contributed by atoms with E-state index in [4.69, 9.17) is 10.5 Å². The van der Waals surface area contributed by atoms with Crippen molar-refractivity contribution in [2.75, 3.05) is 12.8 Å². The van der Waals surface area contributed by atoms with Crippen molar-refractivity contribution >= 4 is 22.3 Å². The van der Waals surface area contributed by atoms with Crippen LogP contribution in [-0.2, 0) is 4.74 Å². The van der Waals surface area contributed by atoms with Crippen molar-refractivity contribution in [3.8, 4) is 11.1 Å². The van der Waals surface area contributed by atoms with E-state index in [1.807, 2.05) is 19.1 Å². The van der Waals surface area contributed by atoms with Gasteiger partial charge in [0.15, 0.2) is 0 Å². The van der Waals surface area contributed by atoms with Crippen molar-refractivity contribution in [2.24, 2.45) is 0 Å². The average molecular weight is 289 g/mol. The average Bonchev–Trinajstić information content (AvgIpc) is 2.72. The van der Waals surface area contributed by atoms with Crippen LogP contribution >= 0.6 is 11.3 Å². The Kier molecular flexibility index (Phi) is 4.14. The molecule has 3 nitrogen and oxygen atoms in total. The number of hydrogen-bond donors (Lipinski definition) is 1. The highest BCUT2D eigenvalue weighted by atomic mass is 32.1. The van der Waals surface area contributed by atoms with Crippen molar-refractivity contribution in [1.82, 2.24) is 0 Å². The minimum absolute atomic E-state index is 0.380. The third-order valence-electron chi connectivity index (χ3n) is 3.37. The third kappa shape index (κ3) is 2.56. The quantitative estimate of drug-likeness (QED) is 0.861. The molecule has 0 saturated heterocycles. The van der Waals surface area contributed by atoms with Crippen molar-refractivity contribution in [1.29, 1.82) is 0 Å². The number of anilines is 1. The molecule has 1 aromatic carbocycles. The molecule has 20 heavy (non-hydrogen) atoms. The van der Waals surface area contributed by atoms with Gasteiger partial charge >= 0.3 is 5.97 Å². The number of ether oxygens (including phenoxy) is 1. The number of benzene rings is 1. The third-order valence-corrected chi connectivity index (χ3v) is 4.30. The van der Waals surface area contributed by atoms with Crippen molar-refractivity contribution < 1.29 is 9.53 Å². The molecule has 0 unspecified atom stereocenters. The van der Waals surface area contributed by atoms with Gasteiger partial charge in [-0.2, -0.15) is 0 Å². The molecule has 2 aromatic rings. The summed E-state index contributed by atoms with van der Waals surface area (Å²) in [5.74, 6) is 0.104. The summed E-state index contributed by atoms with van der Waals surface area (Å²) in [6.45, 7) is 6.28. The van der Waals surface area contributed by atoms with Gasteiger partial charge < -0.3 is 10.5 Å². The molecule has 0 aliphatic carbocycles. The van der Waals surface area contributed by atoms with Gasteiger partial charge in [-0.1, -0.05) is 38.1 Å². The molecule has 106 valence electrons. The van der Waals surface area contributed by atoms with Crippen LogP contribution in [0.1, 0.15) is 40.6 Å². The van der Waals surface area contributed by atoms with Gasteiger partial charge in [-0.3, -0.25) is 0 Å². The lowest BCUT2D eigenvalue weighted by molar-refractivity contribution is 0.0603. The summed E-state index contributed by atoms with van der Waals surface area (Å²) in [6, 6.07) is 8.26. The molecule has 2 N–H and O–H groups in total. The number of thiophene rings is 1. The zero-order valence-electron chi connectivity index (χ0n) is 12.2. The highest BCUT2D eigenvalue weighted by Gasteiger charge is 2.22. The fourth-order valence-corrected chi connectivity index (χ4v) is 3.19. The normalized spacial score (nSPS) is 10.8. The second kappa shape index (κ2) is 5.67. The van der Waals surface area contributed by atoms with Gasteiger partial charge in [-0.05, 0) is 24.0 Å². The second-order valence-corrected chi connectivity index (χ2v) is 6.30. The van der Waals surface area contributed by atoms with Crippen molar-refractivity contribution in [2.45, 2.75) is 26.7 Å². The Morgan fingerprint density at radius 3 is 2.35 bits per heavy atom. The molecule has 0 bridgehead atoms. The highest BCUT2D eigenvalue weighted by Crippen LogP contribution is 2.38. The maximum Gasteiger partial charge on any atom is 0.341 e. The van der Waals surface area contributed by atoms with Gasteiger partial charge in [0.05, 0.1) is 7.11 Å². The maximum absolute atomic E-state index is 11.9. The van der Waals surface area contributed by atoms with Crippen molar-refractivity contribution in [3.05, 3.63) is 40.3 Å². The number of esters is 1. The van der Waals surface area contributed by atoms with E-state index in [1.165, 1.54) is 24.0 Å². The fraction of sp³-hybridized carbons (Fsp3) is 0.312. The fourth-order valence-electron chi connectivity index (χ4n) is 2.25. The Bertz CT molecular complexity index is 627. The summed E-state index contributed by atoms with van der Waals surface area (Å²) >= 11 is 1.42. The zero-order chi connectivity index (χ0) is 14.9. The van der Waals surface area contributed by atoms with E-state index in [1.54, 1.807) is 0 Å². The lowest BCUT2D eigenvalue weighted by Gasteiger charge is -2.09. The summed E-state index contributed by atoms with van der Waals surface area (Å²) < 4.78 is 4.84. The monoisotopic (exact) mass is 289 g/mol. The number of methoxy groups -OCH3 is 1. The molecule has 0 radical (unpaired) electrons. The Morgan fingerprint density at radius 1 is 1.25 bits per heavy atom. The van der Waals surface area contributed by atoms with E-state index in [0.717, 1.165) is 16.0 Å². The molecule has 2 rings (SSSR count). The lowest BCUT2D eigenvalue weighted by Crippen LogP contribution is -2.04. The lowest BCUT2D eigenvalue weighted by atomic mass is 9.97. The number of aryl methyl sites for hydroxylation is 1. The highest BCUT2D eigenvalue weighted by molar-refractivity contribution is 7.16. The molecule has 0 fully saturated rings. The van der Waals surface area contributed by atoms with E-state index in [0.29, 0.717) is 16.5 Å². The molecule has 0 aliphatic heterocycles.